The van der Waals surface area contributed by atoms with Crippen LogP contribution in [0.5, 0.6) is 0 Å². The third-order valence-electron chi connectivity index (χ3n) is 1.95. The van der Waals surface area contributed by atoms with Gasteiger partial charge < -0.3 is 16.4 Å². The lowest BCUT2D eigenvalue weighted by molar-refractivity contribution is -0.129. The first-order chi connectivity index (χ1) is 7.68. The second kappa shape index (κ2) is 6.48. The van der Waals surface area contributed by atoms with Gasteiger partial charge in [-0.1, -0.05) is 0 Å². The van der Waals surface area contributed by atoms with Gasteiger partial charge in [-0.3, -0.25) is 14.4 Å². The lowest BCUT2D eigenvalue weighted by atomic mass is 10.00. The highest BCUT2D eigenvalue weighted by atomic mass is 32.1. The number of carbonyl (C=O) groups is 3. The van der Waals surface area contributed by atoms with Gasteiger partial charge >= 0.3 is 0 Å². The van der Waals surface area contributed by atoms with Gasteiger partial charge in [0.2, 0.25) is 17.7 Å². The fourth-order valence-electron chi connectivity index (χ4n) is 1.34. The van der Waals surface area contributed by atoms with Crippen molar-refractivity contribution in [1.29, 1.82) is 0 Å². The normalized spacial score (nSPS) is 12.7. The monoisotopic (exact) mass is 261 g/mol. The zero-order valence-electron chi connectivity index (χ0n) is 10.2. The third-order valence-corrected chi connectivity index (χ3v) is 2.32. The Balaban J connectivity index is 4.49. The number of thiol groups is 1. The van der Waals surface area contributed by atoms with Crippen LogP contribution in [0.15, 0.2) is 0 Å². The molecule has 0 spiro atoms. The quantitative estimate of drug-likeness (QED) is 0.470. The predicted molar refractivity (Wildman–Crippen MR) is 67.5 cm³/mol. The van der Waals surface area contributed by atoms with Gasteiger partial charge in [-0.2, -0.15) is 12.6 Å². The average molecular weight is 261 g/mol. The minimum Gasteiger partial charge on any atom is -0.370 e. The first-order valence-corrected chi connectivity index (χ1v) is 5.79. The van der Waals surface area contributed by atoms with Crippen LogP contribution in [0.25, 0.3) is 0 Å². The fourth-order valence-corrected chi connectivity index (χ4v) is 1.60. The van der Waals surface area contributed by atoms with Crippen molar-refractivity contribution in [2.24, 2.45) is 5.73 Å². The van der Waals surface area contributed by atoms with Gasteiger partial charge in [0.1, 0.15) is 6.04 Å². The maximum atomic E-state index is 11.8. The Labute approximate surface area is 106 Å². The molecule has 0 aliphatic carbocycles. The number of hydrogen-bond donors (Lipinski definition) is 4. The summed E-state index contributed by atoms with van der Waals surface area (Å²) in [6.07, 6.45) is 0.0259. The Kier molecular flexibility index (Phi) is 6.01. The number of hydrogen-bond acceptors (Lipinski definition) is 4. The van der Waals surface area contributed by atoms with Crippen LogP contribution in [-0.2, 0) is 14.4 Å². The van der Waals surface area contributed by atoms with Crippen molar-refractivity contribution < 1.29 is 14.4 Å². The van der Waals surface area contributed by atoms with E-state index >= 15 is 0 Å². The van der Waals surface area contributed by atoms with Crippen molar-refractivity contribution in [2.45, 2.75) is 38.8 Å². The predicted octanol–water partition coefficient (Wildman–Crippen LogP) is -0.809. The van der Waals surface area contributed by atoms with Gasteiger partial charge in [-0.05, 0) is 13.8 Å². The van der Waals surface area contributed by atoms with Gasteiger partial charge in [0.05, 0.1) is 0 Å². The molecule has 7 heteroatoms. The number of rotatable bonds is 6. The van der Waals surface area contributed by atoms with Gasteiger partial charge in [0, 0.05) is 24.6 Å². The Morgan fingerprint density at radius 1 is 1.35 bits per heavy atom. The molecule has 98 valence electrons. The van der Waals surface area contributed by atoms with Crippen molar-refractivity contribution in [2.75, 3.05) is 5.75 Å². The molecule has 0 radical (unpaired) electrons. The zero-order chi connectivity index (χ0) is 13.6. The Morgan fingerprint density at radius 3 is 2.24 bits per heavy atom. The molecule has 0 bridgehead atoms. The molecule has 1 atom stereocenters. The molecule has 0 aromatic rings. The molecule has 0 rings (SSSR count). The second-order valence-corrected chi connectivity index (χ2v) is 4.82. The summed E-state index contributed by atoms with van der Waals surface area (Å²) in [6, 6.07) is -0.719. The minimum absolute atomic E-state index is 0.0259. The molecule has 0 aromatic heterocycles. The van der Waals surface area contributed by atoms with Crippen LogP contribution in [0.4, 0.5) is 0 Å². The summed E-state index contributed by atoms with van der Waals surface area (Å²) in [7, 11) is 0. The molecule has 0 fully saturated rings. The van der Waals surface area contributed by atoms with Gasteiger partial charge in [-0.15, -0.1) is 0 Å². The SMILES string of the molecule is CC(=O)NC(CS)C(=O)NC(C)(C)CC(N)=O. The van der Waals surface area contributed by atoms with Crippen LogP contribution in [0.2, 0.25) is 0 Å². The van der Waals surface area contributed by atoms with Gasteiger partial charge in [-0.25, -0.2) is 0 Å². The summed E-state index contributed by atoms with van der Waals surface area (Å²) in [4.78, 5) is 33.4. The van der Waals surface area contributed by atoms with Crippen molar-refractivity contribution in [3.05, 3.63) is 0 Å². The van der Waals surface area contributed by atoms with E-state index in [0.717, 1.165) is 0 Å². The Morgan fingerprint density at radius 2 is 1.88 bits per heavy atom. The lowest BCUT2D eigenvalue weighted by Gasteiger charge is -2.27. The number of primary amides is 1. The number of nitrogens with two attached hydrogens (primary N) is 1. The molecule has 0 aliphatic heterocycles. The fraction of sp³-hybridized carbons (Fsp3) is 0.700. The molecule has 4 N–H and O–H groups in total. The number of carbonyl (C=O) groups excluding carboxylic acids is 3. The maximum absolute atomic E-state index is 11.8. The van der Waals surface area contributed by atoms with E-state index in [2.05, 4.69) is 23.3 Å². The molecular formula is C10H19N3O3S. The third kappa shape index (κ3) is 6.83. The highest BCUT2D eigenvalue weighted by Crippen LogP contribution is 2.08. The van der Waals surface area contributed by atoms with Crippen LogP contribution in [0.3, 0.4) is 0 Å². The molecule has 0 saturated heterocycles. The zero-order valence-corrected chi connectivity index (χ0v) is 11.1. The second-order valence-electron chi connectivity index (χ2n) is 4.45. The van der Waals surface area contributed by atoms with E-state index in [1.807, 2.05) is 0 Å². The summed E-state index contributed by atoms with van der Waals surface area (Å²) in [5.41, 5.74) is 4.32. The van der Waals surface area contributed by atoms with Gasteiger partial charge in [0.25, 0.3) is 0 Å². The molecule has 3 amide bonds. The largest absolute Gasteiger partial charge is 0.370 e. The molecule has 0 aromatic carbocycles. The van der Waals surface area contributed by atoms with Crippen molar-refractivity contribution in [1.82, 2.24) is 10.6 Å². The number of nitrogens with one attached hydrogen (secondary N) is 2. The molecular weight excluding hydrogens is 242 g/mol. The summed E-state index contributed by atoms with van der Waals surface area (Å²) < 4.78 is 0. The minimum atomic E-state index is -0.747. The van der Waals surface area contributed by atoms with E-state index in [0.29, 0.717) is 0 Å². The van der Waals surface area contributed by atoms with Crippen molar-refractivity contribution in [3.63, 3.8) is 0 Å². The van der Waals surface area contributed by atoms with Crippen LogP contribution in [-0.4, -0.2) is 35.1 Å². The van der Waals surface area contributed by atoms with E-state index in [9.17, 15) is 14.4 Å². The summed E-state index contributed by atoms with van der Waals surface area (Å²) in [6.45, 7) is 4.68. The maximum Gasteiger partial charge on any atom is 0.243 e. The van der Waals surface area contributed by atoms with E-state index in [1.165, 1.54) is 6.92 Å². The van der Waals surface area contributed by atoms with Crippen LogP contribution in [0, 0.1) is 0 Å². The van der Waals surface area contributed by atoms with Crippen molar-refractivity contribution >= 4 is 30.4 Å². The highest BCUT2D eigenvalue weighted by Gasteiger charge is 2.27. The van der Waals surface area contributed by atoms with Crippen LogP contribution < -0.4 is 16.4 Å². The standard InChI is InChI=1S/C10H19N3O3S/c1-6(14)12-7(5-17)9(16)13-10(2,3)4-8(11)15/h7,17H,4-5H2,1-3H3,(H2,11,15)(H,12,14)(H,13,16). The van der Waals surface area contributed by atoms with E-state index in [1.54, 1.807) is 13.8 Å². The number of amides is 3. The first kappa shape index (κ1) is 15.8. The average Bonchev–Trinajstić information content (AvgIpc) is 2.10. The molecule has 0 heterocycles. The summed E-state index contributed by atoms with van der Waals surface area (Å²) in [5.74, 6) is -1.02. The molecule has 0 saturated carbocycles. The molecule has 0 aliphatic rings. The smallest absolute Gasteiger partial charge is 0.243 e. The van der Waals surface area contributed by atoms with E-state index < -0.39 is 17.5 Å². The first-order valence-electron chi connectivity index (χ1n) is 5.16. The Hall–Kier alpha value is -1.24. The topological polar surface area (TPSA) is 101 Å². The highest BCUT2D eigenvalue weighted by molar-refractivity contribution is 7.80. The summed E-state index contributed by atoms with van der Waals surface area (Å²) >= 11 is 3.98. The Bertz CT molecular complexity index is 318. The van der Waals surface area contributed by atoms with Crippen LogP contribution in [0.1, 0.15) is 27.2 Å². The lowest BCUT2D eigenvalue weighted by Crippen LogP contribution is -2.54. The molecule has 6 nitrogen and oxygen atoms in total. The summed E-state index contributed by atoms with van der Waals surface area (Å²) in [5, 5.41) is 5.10. The van der Waals surface area contributed by atoms with E-state index in [-0.39, 0.29) is 24.0 Å². The van der Waals surface area contributed by atoms with E-state index in [4.69, 9.17) is 5.73 Å². The van der Waals surface area contributed by atoms with Crippen molar-refractivity contribution in [3.8, 4) is 0 Å². The molecule has 17 heavy (non-hydrogen) atoms. The van der Waals surface area contributed by atoms with Gasteiger partial charge in [0.15, 0.2) is 0 Å². The molecule has 1 unspecified atom stereocenters. The van der Waals surface area contributed by atoms with Crippen LogP contribution >= 0.6 is 12.6 Å².